The van der Waals surface area contributed by atoms with E-state index in [1.54, 1.807) is 0 Å². The van der Waals surface area contributed by atoms with E-state index >= 15 is 0 Å². The summed E-state index contributed by atoms with van der Waals surface area (Å²) in [5, 5.41) is 4.30. The van der Waals surface area contributed by atoms with Crippen LogP contribution in [-0.4, -0.2) is 6.54 Å². The molecule has 0 saturated carbocycles. The third-order valence-electron chi connectivity index (χ3n) is 3.36. The van der Waals surface area contributed by atoms with Crippen molar-refractivity contribution < 1.29 is 0 Å². The van der Waals surface area contributed by atoms with Crippen LogP contribution in [0.1, 0.15) is 35.2 Å². The molecule has 0 aromatic heterocycles. The zero-order valence-electron chi connectivity index (χ0n) is 12.0. The summed E-state index contributed by atoms with van der Waals surface area (Å²) >= 11 is 9.71. The summed E-state index contributed by atoms with van der Waals surface area (Å²) < 4.78 is 1.01. The fraction of sp³-hybridized carbons (Fsp3) is 0.294. The molecule has 2 aromatic carbocycles. The largest absolute Gasteiger partial charge is 0.307 e. The van der Waals surface area contributed by atoms with Crippen molar-refractivity contribution >= 4 is 27.5 Å². The van der Waals surface area contributed by atoms with Crippen molar-refractivity contribution in [3.8, 4) is 0 Å². The zero-order valence-corrected chi connectivity index (χ0v) is 14.3. The second-order valence-electron chi connectivity index (χ2n) is 5.05. The van der Waals surface area contributed by atoms with Crippen molar-refractivity contribution in [2.75, 3.05) is 6.54 Å². The maximum atomic E-state index is 6.19. The van der Waals surface area contributed by atoms with Crippen molar-refractivity contribution in [1.29, 1.82) is 0 Å². The van der Waals surface area contributed by atoms with Gasteiger partial charge in [-0.25, -0.2) is 0 Å². The minimum Gasteiger partial charge on any atom is -0.307 e. The van der Waals surface area contributed by atoms with Gasteiger partial charge in [-0.2, -0.15) is 0 Å². The van der Waals surface area contributed by atoms with Gasteiger partial charge in [0, 0.05) is 9.50 Å². The molecule has 0 heterocycles. The number of hydrogen-bond donors (Lipinski definition) is 1. The normalized spacial score (nSPS) is 12.4. The molecule has 0 bridgehead atoms. The van der Waals surface area contributed by atoms with Crippen LogP contribution in [0.15, 0.2) is 40.9 Å². The highest BCUT2D eigenvalue weighted by Gasteiger charge is 2.16. The summed E-state index contributed by atoms with van der Waals surface area (Å²) in [5.74, 6) is 0. The Morgan fingerprint density at radius 2 is 1.90 bits per heavy atom. The Morgan fingerprint density at radius 1 is 1.15 bits per heavy atom. The number of aryl methyl sites for hydroxylation is 2. The number of rotatable bonds is 4. The molecule has 3 heteroatoms. The Labute approximate surface area is 134 Å². The van der Waals surface area contributed by atoms with Crippen LogP contribution in [0.25, 0.3) is 0 Å². The molecule has 2 rings (SSSR count). The SMILES string of the molecule is CCNC(c1cc(Cl)cc(Br)c1)c1ccc(C)cc1C. The van der Waals surface area contributed by atoms with Crippen LogP contribution in [0.3, 0.4) is 0 Å². The summed E-state index contributed by atoms with van der Waals surface area (Å²) in [6.07, 6.45) is 0. The first-order chi connectivity index (χ1) is 9.51. The van der Waals surface area contributed by atoms with Crippen LogP contribution in [0.5, 0.6) is 0 Å². The topological polar surface area (TPSA) is 12.0 Å². The van der Waals surface area contributed by atoms with Crippen LogP contribution >= 0.6 is 27.5 Å². The monoisotopic (exact) mass is 351 g/mol. The Morgan fingerprint density at radius 3 is 2.50 bits per heavy atom. The van der Waals surface area contributed by atoms with Gasteiger partial charge in [0.15, 0.2) is 0 Å². The van der Waals surface area contributed by atoms with E-state index in [2.05, 4.69) is 66.3 Å². The number of nitrogens with one attached hydrogen (secondary N) is 1. The lowest BCUT2D eigenvalue weighted by atomic mass is 9.94. The first-order valence-corrected chi connectivity index (χ1v) is 7.95. The van der Waals surface area contributed by atoms with Gasteiger partial charge in [0.05, 0.1) is 6.04 Å². The standard InChI is InChI=1S/C17H19BrClN/c1-4-20-17(13-8-14(18)10-15(19)9-13)16-6-5-11(2)7-12(16)3/h5-10,17,20H,4H2,1-3H3. The average molecular weight is 353 g/mol. The molecule has 20 heavy (non-hydrogen) atoms. The molecular formula is C17H19BrClN. The van der Waals surface area contributed by atoms with Gasteiger partial charge in [-0.05, 0) is 55.3 Å². The Hall–Kier alpha value is -0.830. The minimum atomic E-state index is 0.163. The van der Waals surface area contributed by atoms with E-state index in [4.69, 9.17) is 11.6 Å². The molecule has 0 aliphatic carbocycles. The lowest BCUT2D eigenvalue weighted by molar-refractivity contribution is 0.627. The van der Waals surface area contributed by atoms with Gasteiger partial charge < -0.3 is 5.32 Å². The fourth-order valence-electron chi connectivity index (χ4n) is 2.50. The van der Waals surface area contributed by atoms with Gasteiger partial charge in [-0.1, -0.05) is 58.2 Å². The first-order valence-electron chi connectivity index (χ1n) is 6.77. The number of hydrogen-bond acceptors (Lipinski definition) is 1. The number of halogens is 2. The van der Waals surface area contributed by atoms with Gasteiger partial charge in [-0.3, -0.25) is 0 Å². The van der Waals surface area contributed by atoms with E-state index in [0.717, 1.165) is 16.0 Å². The molecule has 0 aliphatic rings. The highest BCUT2D eigenvalue weighted by molar-refractivity contribution is 9.10. The smallest absolute Gasteiger partial charge is 0.0580 e. The Bertz CT molecular complexity index is 590. The highest BCUT2D eigenvalue weighted by Crippen LogP contribution is 2.30. The maximum Gasteiger partial charge on any atom is 0.0580 e. The first kappa shape index (κ1) is 15.6. The minimum absolute atomic E-state index is 0.163. The van der Waals surface area contributed by atoms with Crippen LogP contribution in [0.4, 0.5) is 0 Å². The molecule has 1 atom stereocenters. The van der Waals surface area contributed by atoms with Crippen molar-refractivity contribution in [3.63, 3.8) is 0 Å². The second-order valence-corrected chi connectivity index (χ2v) is 6.41. The Kier molecular flexibility index (Phi) is 5.25. The number of benzene rings is 2. The average Bonchev–Trinajstić information content (AvgIpc) is 2.35. The van der Waals surface area contributed by atoms with E-state index in [9.17, 15) is 0 Å². The summed E-state index contributed by atoms with van der Waals surface area (Å²) in [6, 6.07) is 12.8. The van der Waals surface area contributed by atoms with Gasteiger partial charge in [0.25, 0.3) is 0 Å². The molecule has 1 N–H and O–H groups in total. The van der Waals surface area contributed by atoms with Crippen LogP contribution in [0, 0.1) is 13.8 Å². The Balaban J connectivity index is 2.49. The zero-order chi connectivity index (χ0) is 14.7. The molecule has 0 saturated heterocycles. The summed E-state index contributed by atoms with van der Waals surface area (Å²) in [7, 11) is 0. The molecule has 0 fully saturated rings. The molecule has 1 nitrogen and oxygen atoms in total. The van der Waals surface area contributed by atoms with Gasteiger partial charge in [0.2, 0.25) is 0 Å². The van der Waals surface area contributed by atoms with Gasteiger partial charge in [0.1, 0.15) is 0 Å². The van der Waals surface area contributed by atoms with E-state index in [1.807, 2.05) is 12.1 Å². The molecule has 0 amide bonds. The molecule has 1 unspecified atom stereocenters. The quantitative estimate of drug-likeness (QED) is 0.775. The third-order valence-corrected chi connectivity index (χ3v) is 4.04. The van der Waals surface area contributed by atoms with Gasteiger partial charge >= 0.3 is 0 Å². The van der Waals surface area contributed by atoms with E-state index < -0.39 is 0 Å². The van der Waals surface area contributed by atoms with Crippen molar-refractivity contribution in [2.45, 2.75) is 26.8 Å². The molecule has 2 aromatic rings. The third kappa shape index (κ3) is 3.63. The maximum absolute atomic E-state index is 6.19. The van der Waals surface area contributed by atoms with E-state index in [0.29, 0.717) is 0 Å². The van der Waals surface area contributed by atoms with Crippen molar-refractivity contribution in [3.05, 3.63) is 68.1 Å². The summed E-state index contributed by atoms with van der Waals surface area (Å²) in [6.45, 7) is 7.31. The lowest BCUT2D eigenvalue weighted by Gasteiger charge is -2.22. The molecule has 106 valence electrons. The lowest BCUT2D eigenvalue weighted by Crippen LogP contribution is -2.22. The molecule has 0 radical (unpaired) electrons. The summed E-state index contributed by atoms with van der Waals surface area (Å²) in [5.41, 5.74) is 5.06. The van der Waals surface area contributed by atoms with Crippen molar-refractivity contribution in [2.24, 2.45) is 0 Å². The summed E-state index contributed by atoms with van der Waals surface area (Å²) in [4.78, 5) is 0. The molecular weight excluding hydrogens is 334 g/mol. The van der Waals surface area contributed by atoms with Crippen LogP contribution < -0.4 is 5.32 Å². The van der Waals surface area contributed by atoms with E-state index in [-0.39, 0.29) is 6.04 Å². The highest BCUT2D eigenvalue weighted by atomic mass is 79.9. The predicted octanol–water partition coefficient (Wildman–Crippen LogP) is 5.42. The second kappa shape index (κ2) is 6.75. The van der Waals surface area contributed by atoms with Crippen LogP contribution in [0.2, 0.25) is 5.02 Å². The molecule has 0 aliphatic heterocycles. The van der Waals surface area contributed by atoms with Crippen LogP contribution in [-0.2, 0) is 0 Å². The molecule has 0 spiro atoms. The van der Waals surface area contributed by atoms with E-state index in [1.165, 1.54) is 22.3 Å². The van der Waals surface area contributed by atoms with Crippen molar-refractivity contribution in [1.82, 2.24) is 5.32 Å². The fourth-order valence-corrected chi connectivity index (χ4v) is 3.39. The van der Waals surface area contributed by atoms with Gasteiger partial charge in [-0.15, -0.1) is 0 Å². The predicted molar refractivity (Wildman–Crippen MR) is 90.6 cm³/mol.